The highest BCUT2D eigenvalue weighted by molar-refractivity contribution is 5.26. The van der Waals surface area contributed by atoms with E-state index >= 15 is 0 Å². The quantitative estimate of drug-likeness (QED) is 0.682. The third-order valence-electron chi connectivity index (χ3n) is 2.03. The molecule has 0 amide bonds. The average Bonchev–Trinajstić information content (AvgIpc) is 2.26. The summed E-state index contributed by atoms with van der Waals surface area (Å²) in [7, 11) is 1.66. The van der Waals surface area contributed by atoms with Crippen LogP contribution in [0, 0.1) is 0 Å². The van der Waals surface area contributed by atoms with E-state index in [2.05, 4.69) is 0 Å². The van der Waals surface area contributed by atoms with Gasteiger partial charge < -0.3 is 9.47 Å². The van der Waals surface area contributed by atoms with Gasteiger partial charge in [0, 0.05) is 0 Å². The molecule has 0 aliphatic carbocycles. The summed E-state index contributed by atoms with van der Waals surface area (Å²) in [6.07, 6.45) is 1.95. The molecule has 0 radical (unpaired) electrons. The molecular formula is C12H16O2. The van der Waals surface area contributed by atoms with Crippen molar-refractivity contribution in [1.82, 2.24) is 0 Å². The van der Waals surface area contributed by atoms with Crippen molar-refractivity contribution >= 4 is 0 Å². The summed E-state index contributed by atoms with van der Waals surface area (Å²) in [6.45, 7) is 4.52. The van der Waals surface area contributed by atoms with Gasteiger partial charge in [0.05, 0.1) is 12.9 Å². The van der Waals surface area contributed by atoms with E-state index in [0.717, 1.165) is 17.1 Å². The van der Waals surface area contributed by atoms with E-state index in [9.17, 15) is 0 Å². The van der Waals surface area contributed by atoms with Crippen molar-refractivity contribution in [3.8, 4) is 5.75 Å². The van der Waals surface area contributed by atoms with Crippen LogP contribution in [-0.2, 0) is 11.3 Å². The van der Waals surface area contributed by atoms with E-state index in [-0.39, 0.29) is 0 Å². The van der Waals surface area contributed by atoms with Crippen LogP contribution in [0.1, 0.15) is 19.4 Å². The van der Waals surface area contributed by atoms with E-state index in [4.69, 9.17) is 9.47 Å². The minimum Gasteiger partial charge on any atom is -0.497 e. The van der Waals surface area contributed by atoms with Crippen molar-refractivity contribution in [2.24, 2.45) is 0 Å². The Morgan fingerprint density at radius 1 is 1.29 bits per heavy atom. The number of allylic oxidation sites excluding steroid dienone is 2. The number of hydrogen-bond acceptors (Lipinski definition) is 2. The maximum Gasteiger partial charge on any atom is 0.118 e. The molecule has 0 saturated heterocycles. The van der Waals surface area contributed by atoms with Crippen molar-refractivity contribution in [2.45, 2.75) is 20.5 Å². The third-order valence-corrected chi connectivity index (χ3v) is 2.03. The molecule has 0 atom stereocenters. The molecule has 0 aliphatic heterocycles. The lowest BCUT2D eigenvalue weighted by Crippen LogP contribution is -1.91. The molecule has 0 spiro atoms. The smallest absolute Gasteiger partial charge is 0.118 e. The first-order valence-corrected chi connectivity index (χ1v) is 4.65. The van der Waals surface area contributed by atoms with Gasteiger partial charge in [-0.3, -0.25) is 0 Å². The number of hydrogen-bond donors (Lipinski definition) is 0. The maximum absolute atomic E-state index is 5.47. The second-order valence-corrected chi connectivity index (χ2v) is 3.04. The van der Waals surface area contributed by atoms with Gasteiger partial charge in [0.25, 0.3) is 0 Å². The molecule has 0 aliphatic rings. The van der Waals surface area contributed by atoms with Crippen molar-refractivity contribution in [3.63, 3.8) is 0 Å². The molecule has 1 aromatic rings. The normalized spacial score (nSPS) is 11.2. The average molecular weight is 192 g/mol. The Morgan fingerprint density at radius 2 is 1.93 bits per heavy atom. The second kappa shape index (κ2) is 5.32. The molecule has 0 aromatic heterocycles. The van der Waals surface area contributed by atoms with Gasteiger partial charge in [0.2, 0.25) is 0 Å². The lowest BCUT2D eigenvalue weighted by Gasteiger charge is -2.06. The fourth-order valence-electron chi connectivity index (χ4n) is 1.00. The van der Waals surface area contributed by atoms with Crippen molar-refractivity contribution in [2.75, 3.05) is 7.11 Å². The van der Waals surface area contributed by atoms with Crippen LogP contribution in [-0.4, -0.2) is 7.11 Å². The highest BCUT2D eigenvalue weighted by Gasteiger charge is 1.94. The first-order valence-electron chi connectivity index (χ1n) is 4.65. The Kier molecular flexibility index (Phi) is 4.05. The van der Waals surface area contributed by atoms with E-state index < -0.39 is 0 Å². The lowest BCUT2D eigenvalue weighted by molar-refractivity contribution is 0.200. The van der Waals surface area contributed by atoms with Crippen LogP contribution in [0.3, 0.4) is 0 Å². The fraction of sp³-hybridized carbons (Fsp3) is 0.333. The summed E-state index contributed by atoms with van der Waals surface area (Å²) in [4.78, 5) is 0. The first-order chi connectivity index (χ1) is 6.76. The summed E-state index contributed by atoms with van der Waals surface area (Å²) in [5, 5.41) is 0. The van der Waals surface area contributed by atoms with Gasteiger partial charge in [-0.2, -0.15) is 0 Å². The molecule has 76 valence electrons. The number of benzene rings is 1. The Balaban J connectivity index is 2.52. The highest BCUT2D eigenvalue weighted by atomic mass is 16.5. The summed E-state index contributed by atoms with van der Waals surface area (Å²) in [5.41, 5.74) is 1.15. The molecule has 0 heterocycles. The molecule has 0 bridgehead atoms. The Hall–Kier alpha value is -1.44. The predicted octanol–water partition coefficient (Wildman–Crippen LogP) is 3.14. The van der Waals surface area contributed by atoms with Crippen LogP contribution in [0.2, 0.25) is 0 Å². The Bertz CT molecular complexity index is 299. The second-order valence-electron chi connectivity index (χ2n) is 3.04. The van der Waals surface area contributed by atoms with Crippen LogP contribution >= 0.6 is 0 Å². The summed E-state index contributed by atoms with van der Waals surface area (Å²) >= 11 is 0. The molecule has 1 aromatic carbocycles. The van der Waals surface area contributed by atoms with Gasteiger partial charge in [-0.25, -0.2) is 0 Å². The number of ether oxygens (including phenoxy) is 2. The molecule has 0 fully saturated rings. The number of methoxy groups -OCH3 is 1. The van der Waals surface area contributed by atoms with Gasteiger partial charge in [0.15, 0.2) is 0 Å². The van der Waals surface area contributed by atoms with Crippen LogP contribution in [0.4, 0.5) is 0 Å². The van der Waals surface area contributed by atoms with E-state index in [0.29, 0.717) is 6.61 Å². The maximum atomic E-state index is 5.47. The topological polar surface area (TPSA) is 18.5 Å². The SMILES string of the molecule is C/C=C(/C)OCc1ccc(OC)cc1. The molecular weight excluding hydrogens is 176 g/mol. The molecule has 1 rings (SSSR count). The molecule has 2 heteroatoms. The van der Waals surface area contributed by atoms with E-state index in [1.165, 1.54) is 0 Å². The zero-order valence-electron chi connectivity index (χ0n) is 8.91. The Morgan fingerprint density at radius 3 is 2.43 bits per heavy atom. The summed E-state index contributed by atoms with van der Waals surface area (Å²) in [5.74, 6) is 1.82. The zero-order chi connectivity index (χ0) is 10.4. The molecule has 0 unspecified atom stereocenters. The minimum absolute atomic E-state index is 0.611. The highest BCUT2D eigenvalue weighted by Crippen LogP contribution is 2.12. The van der Waals surface area contributed by atoms with Crippen LogP contribution in [0.5, 0.6) is 5.75 Å². The van der Waals surface area contributed by atoms with Crippen molar-refractivity contribution in [1.29, 1.82) is 0 Å². The number of rotatable bonds is 4. The lowest BCUT2D eigenvalue weighted by atomic mass is 10.2. The van der Waals surface area contributed by atoms with Gasteiger partial charge >= 0.3 is 0 Å². The van der Waals surface area contributed by atoms with Gasteiger partial charge in [-0.15, -0.1) is 0 Å². The monoisotopic (exact) mass is 192 g/mol. The molecule has 2 nitrogen and oxygen atoms in total. The summed E-state index contributed by atoms with van der Waals surface area (Å²) < 4.78 is 10.5. The van der Waals surface area contributed by atoms with Crippen LogP contribution < -0.4 is 4.74 Å². The van der Waals surface area contributed by atoms with Gasteiger partial charge in [0.1, 0.15) is 12.4 Å². The zero-order valence-corrected chi connectivity index (χ0v) is 8.91. The van der Waals surface area contributed by atoms with Gasteiger partial charge in [-0.05, 0) is 37.6 Å². The standard InChI is InChI=1S/C12H16O2/c1-4-10(2)14-9-11-5-7-12(13-3)8-6-11/h4-8H,9H2,1-3H3/b10-4-. The van der Waals surface area contributed by atoms with E-state index in [1.807, 2.05) is 44.2 Å². The van der Waals surface area contributed by atoms with Crippen LogP contribution in [0.15, 0.2) is 36.1 Å². The molecule has 0 N–H and O–H groups in total. The predicted molar refractivity (Wildman–Crippen MR) is 57.2 cm³/mol. The first kappa shape index (κ1) is 10.6. The minimum atomic E-state index is 0.611. The van der Waals surface area contributed by atoms with Crippen molar-refractivity contribution < 1.29 is 9.47 Å². The summed E-state index contributed by atoms with van der Waals surface area (Å²) in [6, 6.07) is 7.87. The molecule has 14 heavy (non-hydrogen) atoms. The van der Waals surface area contributed by atoms with Crippen molar-refractivity contribution in [3.05, 3.63) is 41.7 Å². The third kappa shape index (κ3) is 3.13. The molecule has 0 saturated carbocycles. The van der Waals surface area contributed by atoms with Crippen LogP contribution in [0.25, 0.3) is 0 Å². The van der Waals surface area contributed by atoms with Gasteiger partial charge in [-0.1, -0.05) is 12.1 Å². The fourth-order valence-corrected chi connectivity index (χ4v) is 1.00. The largest absolute Gasteiger partial charge is 0.497 e. The van der Waals surface area contributed by atoms with E-state index in [1.54, 1.807) is 7.11 Å². The Labute approximate surface area is 85.2 Å².